The van der Waals surface area contributed by atoms with E-state index in [2.05, 4.69) is 5.32 Å². The molecule has 0 fully saturated rings. The van der Waals surface area contributed by atoms with Crippen molar-refractivity contribution >= 4 is 21.6 Å². The molecule has 1 N–H and O–H groups in total. The maximum atomic E-state index is 13.1. The summed E-state index contributed by atoms with van der Waals surface area (Å²) in [5.41, 5.74) is 0.404. The number of nitrogens with one attached hydrogen (secondary N) is 1. The third kappa shape index (κ3) is 5.47. The SMILES string of the molecule is CCOc1ccc(N(CC(=O)N[C@@H](C)CC)S(=O)(=O)c2ccccc2)cc1. The molecule has 0 aliphatic heterocycles. The Bertz CT molecular complexity index is 836. The fourth-order valence-corrected chi connectivity index (χ4v) is 3.91. The summed E-state index contributed by atoms with van der Waals surface area (Å²) in [5.74, 6) is 0.292. The number of ether oxygens (including phenoxy) is 1. The van der Waals surface area contributed by atoms with E-state index in [4.69, 9.17) is 4.74 Å². The summed E-state index contributed by atoms with van der Waals surface area (Å²) in [6.45, 7) is 5.93. The maximum Gasteiger partial charge on any atom is 0.264 e. The molecule has 0 aliphatic rings. The van der Waals surface area contributed by atoms with Gasteiger partial charge in [-0.2, -0.15) is 0 Å². The van der Waals surface area contributed by atoms with Crippen LogP contribution in [0.1, 0.15) is 27.2 Å². The lowest BCUT2D eigenvalue weighted by Crippen LogP contribution is -2.43. The minimum absolute atomic E-state index is 0.0286. The molecule has 27 heavy (non-hydrogen) atoms. The maximum absolute atomic E-state index is 13.1. The van der Waals surface area contributed by atoms with Gasteiger partial charge in [-0.3, -0.25) is 9.10 Å². The van der Waals surface area contributed by atoms with Crippen molar-refractivity contribution in [3.05, 3.63) is 54.6 Å². The zero-order valence-electron chi connectivity index (χ0n) is 15.9. The van der Waals surface area contributed by atoms with Crippen molar-refractivity contribution in [1.29, 1.82) is 0 Å². The summed E-state index contributed by atoms with van der Waals surface area (Å²) in [7, 11) is -3.89. The zero-order valence-corrected chi connectivity index (χ0v) is 16.7. The monoisotopic (exact) mass is 390 g/mol. The minimum Gasteiger partial charge on any atom is -0.494 e. The van der Waals surface area contributed by atoms with E-state index in [0.29, 0.717) is 18.0 Å². The zero-order chi connectivity index (χ0) is 19.9. The quantitative estimate of drug-likeness (QED) is 0.713. The Balaban J connectivity index is 2.37. The highest BCUT2D eigenvalue weighted by Gasteiger charge is 2.27. The van der Waals surface area contributed by atoms with E-state index in [9.17, 15) is 13.2 Å². The van der Waals surface area contributed by atoms with Gasteiger partial charge in [0, 0.05) is 6.04 Å². The molecule has 0 radical (unpaired) electrons. The number of rotatable bonds is 9. The first-order valence-corrected chi connectivity index (χ1v) is 10.4. The van der Waals surface area contributed by atoms with Crippen LogP contribution in [-0.2, 0) is 14.8 Å². The third-order valence-corrected chi connectivity index (χ3v) is 5.86. The molecule has 0 heterocycles. The number of hydrogen-bond donors (Lipinski definition) is 1. The lowest BCUT2D eigenvalue weighted by atomic mass is 10.2. The number of amides is 1. The Morgan fingerprint density at radius 1 is 1.07 bits per heavy atom. The van der Waals surface area contributed by atoms with E-state index in [-0.39, 0.29) is 23.4 Å². The van der Waals surface area contributed by atoms with Crippen LogP contribution < -0.4 is 14.4 Å². The summed E-state index contributed by atoms with van der Waals surface area (Å²) < 4.78 is 32.8. The van der Waals surface area contributed by atoms with Crippen molar-refractivity contribution in [3.8, 4) is 5.75 Å². The molecule has 1 atom stereocenters. The smallest absolute Gasteiger partial charge is 0.264 e. The molecule has 0 unspecified atom stereocenters. The summed E-state index contributed by atoms with van der Waals surface area (Å²) in [4.78, 5) is 12.5. The molecular weight excluding hydrogens is 364 g/mol. The molecule has 2 aromatic rings. The summed E-state index contributed by atoms with van der Waals surface area (Å²) in [6, 6.07) is 14.7. The third-order valence-electron chi connectivity index (χ3n) is 4.07. The van der Waals surface area contributed by atoms with E-state index < -0.39 is 10.0 Å². The Labute approximate surface area is 161 Å². The highest BCUT2D eigenvalue weighted by atomic mass is 32.2. The molecule has 0 saturated heterocycles. The van der Waals surface area contributed by atoms with E-state index in [1.165, 1.54) is 12.1 Å². The number of sulfonamides is 1. The normalized spacial score (nSPS) is 12.3. The van der Waals surface area contributed by atoms with Gasteiger partial charge in [0.1, 0.15) is 12.3 Å². The van der Waals surface area contributed by atoms with Crippen molar-refractivity contribution < 1.29 is 17.9 Å². The second kappa shape index (κ2) is 9.41. The van der Waals surface area contributed by atoms with E-state index in [0.717, 1.165) is 10.7 Å². The largest absolute Gasteiger partial charge is 0.494 e. The van der Waals surface area contributed by atoms with Crippen molar-refractivity contribution in [2.75, 3.05) is 17.5 Å². The van der Waals surface area contributed by atoms with Crippen molar-refractivity contribution in [2.45, 2.75) is 38.1 Å². The molecule has 2 aromatic carbocycles. The Morgan fingerprint density at radius 2 is 1.70 bits per heavy atom. The molecule has 0 aliphatic carbocycles. The Morgan fingerprint density at radius 3 is 2.26 bits per heavy atom. The number of hydrogen-bond acceptors (Lipinski definition) is 4. The molecule has 0 aromatic heterocycles. The van der Waals surface area contributed by atoms with Gasteiger partial charge in [0.2, 0.25) is 5.91 Å². The van der Waals surface area contributed by atoms with Crippen LogP contribution in [0.2, 0.25) is 0 Å². The van der Waals surface area contributed by atoms with Crippen molar-refractivity contribution in [3.63, 3.8) is 0 Å². The van der Waals surface area contributed by atoms with Crippen LogP contribution in [0.15, 0.2) is 59.5 Å². The second-order valence-electron chi connectivity index (χ2n) is 6.13. The molecular formula is C20H26N2O4S. The first kappa shape index (κ1) is 20.8. The molecule has 0 saturated carbocycles. The van der Waals surface area contributed by atoms with Crippen LogP contribution >= 0.6 is 0 Å². The van der Waals surface area contributed by atoms with Crippen molar-refractivity contribution in [2.24, 2.45) is 0 Å². The number of nitrogens with zero attached hydrogens (tertiary/aromatic N) is 1. The lowest BCUT2D eigenvalue weighted by molar-refractivity contribution is -0.120. The summed E-state index contributed by atoms with van der Waals surface area (Å²) in [6.07, 6.45) is 0.764. The predicted octanol–water partition coefficient (Wildman–Crippen LogP) is 3.20. The number of benzene rings is 2. The standard InChI is InChI=1S/C20H26N2O4S/c1-4-16(3)21-20(23)15-22(17-11-13-18(14-12-17)26-5-2)27(24,25)19-9-7-6-8-10-19/h6-14,16H,4-5,15H2,1-3H3,(H,21,23)/t16-/m0/s1. The average molecular weight is 391 g/mol. The number of carbonyl (C=O) groups is 1. The highest BCUT2D eigenvalue weighted by Crippen LogP contribution is 2.25. The lowest BCUT2D eigenvalue weighted by Gasteiger charge is -2.25. The fourth-order valence-electron chi connectivity index (χ4n) is 2.46. The molecule has 146 valence electrons. The number of carbonyl (C=O) groups excluding carboxylic acids is 1. The van der Waals surface area contributed by atoms with Gasteiger partial charge in [0.05, 0.1) is 17.2 Å². The predicted molar refractivity (Wildman–Crippen MR) is 106 cm³/mol. The van der Waals surface area contributed by atoms with Crippen LogP contribution in [0.5, 0.6) is 5.75 Å². The number of anilines is 1. The van der Waals surface area contributed by atoms with E-state index in [1.54, 1.807) is 42.5 Å². The van der Waals surface area contributed by atoms with Gasteiger partial charge < -0.3 is 10.1 Å². The van der Waals surface area contributed by atoms with Crippen LogP contribution in [-0.4, -0.2) is 33.5 Å². The van der Waals surface area contributed by atoms with Gasteiger partial charge in [-0.25, -0.2) is 8.42 Å². The van der Waals surface area contributed by atoms with Gasteiger partial charge in [-0.1, -0.05) is 25.1 Å². The molecule has 1 amide bonds. The summed E-state index contributed by atoms with van der Waals surface area (Å²) >= 11 is 0. The first-order chi connectivity index (χ1) is 12.9. The van der Waals surface area contributed by atoms with E-state index >= 15 is 0 Å². The van der Waals surface area contributed by atoms with E-state index in [1.807, 2.05) is 20.8 Å². The average Bonchev–Trinajstić information content (AvgIpc) is 2.67. The van der Waals surface area contributed by atoms with Crippen LogP contribution in [0, 0.1) is 0 Å². The van der Waals surface area contributed by atoms with Crippen LogP contribution in [0.3, 0.4) is 0 Å². The molecule has 0 spiro atoms. The molecule has 0 bridgehead atoms. The van der Waals surface area contributed by atoms with Gasteiger partial charge in [0.25, 0.3) is 10.0 Å². The molecule has 7 heteroatoms. The van der Waals surface area contributed by atoms with Crippen LogP contribution in [0.25, 0.3) is 0 Å². The summed E-state index contributed by atoms with van der Waals surface area (Å²) in [5, 5.41) is 2.82. The Kier molecular flexibility index (Phi) is 7.24. The van der Waals surface area contributed by atoms with Gasteiger partial charge >= 0.3 is 0 Å². The second-order valence-corrected chi connectivity index (χ2v) is 7.99. The first-order valence-electron chi connectivity index (χ1n) is 8.98. The van der Waals surface area contributed by atoms with Gasteiger partial charge in [0.15, 0.2) is 0 Å². The van der Waals surface area contributed by atoms with Crippen LogP contribution in [0.4, 0.5) is 5.69 Å². The molecule has 2 rings (SSSR count). The Hall–Kier alpha value is -2.54. The van der Waals surface area contributed by atoms with Gasteiger partial charge in [-0.15, -0.1) is 0 Å². The van der Waals surface area contributed by atoms with Crippen molar-refractivity contribution in [1.82, 2.24) is 5.32 Å². The van der Waals surface area contributed by atoms with Gasteiger partial charge in [-0.05, 0) is 56.7 Å². The fraction of sp³-hybridized carbons (Fsp3) is 0.350. The molecule has 6 nitrogen and oxygen atoms in total. The minimum atomic E-state index is -3.89. The topological polar surface area (TPSA) is 75.7 Å². The highest BCUT2D eigenvalue weighted by molar-refractivity contribution is 7.92.